The summed E-state index contributed by atoms with van der Waals surface area (Å²) in [6.07, 6.45) is 3.30. The van der Waals surface area contributed by atoms with Crippen LogP contribution in [0, 0.1) is 11.6 Å². The predicted octanol–water partition coefficient (Wildman–Crippen LogP) is 6.26. The Bertz CT molecular complexity index is 1820. The number of nitrogens with one attached hydrogen (secondary N) is 1. The molecule has 2 bridgehead atoms. The SMILES string of the molecule is COCOc1cc(-c2c(F)cc3c(N4C[C@H]5CC[C@@H](C4)N5)nc(OC[C@@]45CCCN4C[C@H](F)C5)nc3c2F)c2c(Cl)cccc2c1. The zero-order chi connectivity index (χ0) is 31.6. The summed E-state index contributed by atoms with van der Waals surface area (Å²) in [5, 5.41) is 5.35. The maximum absolute atomic E-state index is 17.0. The van der Waals surface area contributed by atoms with Crippen LogP contribution in [-0.2, 0) is 4.74 Å². The fourth-order valence-electron chi connectivity index (χ4n) is 8.09. The third kappa shape index (κ3) is 5.12. The van der Waals surface area contributed by atoms with E-state index in [0.717, 1.165) is 32.2 Å². The molecule has 0 unspecified atom stereocenters. The molecule has 0 radical (unpaired) electrons. The number of rotatable bonds is 8. The fourth-order valence-corrected chi connectivity index (χ4v) is 8.38. The first-order chi connectivity index (χ1) is 22.3. The number of aromatic nitrogens is 2. The lowest BCUT2D eigenvalue weighted by Crippen LogP contribution is -2.51. The Balaban J connectivity index is 1.28. The van der Waals surface area contributed by atoms with Crippen molar-refractivity contribution in [2.24, 2.45) is 0 Å². The van der Waals surface area contributed by atoms with Crippen molar-refractivity contribution >= 4 is 39.1 Å². The van der Waals surface area contributed by atoms with Gasteiger partial charge >= 0.3 is 6.01 Å². The predicted molar refractivity (Wildman–Crippen MR) is 171 cm³/mol. The lowest BCUT2D eigenvalue weighted by atomic mass is 9.95. The molecular formula is C34H35ClF3N5O3. The van der Waals surface area contributed by atoms with E-state index >= 15 is 8.78 Å². The Hall–Kier alpha value is -3.38. The maximum atomic E-state index is 17.0. The summed E-state index contributed by atoms with van der Waals surface area (Å²) in [4.78, 5) is 13.6. The number of halogens is 4. The average molecular weight is 654 g/mol. The minimum Gasteiger partial charge on any atom is -0.468 e. The highest BCUT2D eigenvalue weighted by atomic mass is 35.5. The molecule has 46 heavy (non-hydrogen) atoms. The van der Waals surface area contributed by atoms with Crippen molar-refractivity contribution in [1.29, 1.82) is 0 Å². The molecule has 4 aromatic rings. The van der Waals surface area contributed by atoms with Crippen LogP contribution >= 0.6 is 11.6 Å². The molecule has 1 aromatic heterocycles. The molecule has 12 heteroatoms. The molecular weight excluding hydrogens is 619 g/mol. The number of hydrogen-bond acceptors (Lipinski definition) is 8. The van der Waals surface area contributed by atoms with Crippen molar-refractivity contribution in [1.82, 2.24) is 20.2 Å². The summed E-state index contributed by atoms with van der Waals surface area (Å²) in [6, 6.07) is 10.4. The highest BCUT2D eigenvalue weighted by Crippen LogP contribution is 2.44. The Labute approximate surface area is 269 Å². The number of methoxy groups -OCH3 is 1. The topological polar surface area (TPSA) is 72.0 Å². The Morgan fingerprint density at radius 1 is 1.07 bits per heavy atom. The van der Waals surface area contributed by atoms with E-state index in [1.165, 1.54) is 13.2 Å². The molecule has 4 aliphatic heterocycles. The molecule has 4 saturated heterocycles. The number of ether oxygens (including phenoxy) is 3. The van der Waals surface area contributed by atoms with Crippen LogP contribution in [0.5, 0.6) is 11.8 Å². The van der Waals surface area contributed by atoms with E-state index < -0.39 is 23.3 Å². The van der Waals surface area contributed by atoms with Gasteiger partial charge in [-0.15, -0.1) is 0 Å². The minimum atomic E-state index is -0.915. The molecule has 3 aromatic carbocycles. The number of fused-ring (bicyclic) bond motifs is 5. The number of anilines is 1. The molecule has 1 N–H and O–H groups in total. The van der Waals surface area contributed by atoms with Crippen LogP contribution in [0.3, 0.4) is 0 Å². The fraction of sp³-hybridized carbons (Fsp3) is 0.471. The zero-order valence-electron chi connectivity index (χ0n) is 25.5. The van der Waals surface area contributed by atoms with Crippen LogP contribution in [0.1, 0.15) is 32.1 Å². The molecule has 0 spiro atoms. The van der Waals surface area contributed by atoms with Gasteiger partial charge in [-0.25, -0.2) is 13.2 Å². The third-order valence-electron chi connectivity index (χ3n) is 10.1. The van der Waals surface area contributed by atoms with E-state index in [2.05, 4.69) is 20.1 Å². The van der Waals surface area contributed by atoms with Crippen LogP contribution in [0.2, 0.25) is 5.02 Å². The van der Waals surface area contributed by atoms with Gasteiger partial charge in [-0.1, -0.05) is 23.7 Å². The van der Waals surface area contributed by atoms with Crippen molar-refractivity contribution in [3.63, 3.8) is 0 Å². The molecule has 242 valence electrons. The zero-order valence-corrected chi connectivity index (χ0v) is 26.3. The first-order valence-corrected chi connectivity index (χ1v) is 16.3. The summed E-state index contributed by atoms with van der Waals surface area (Å²) in [5.74, 6) is -0.820. The lowest BCUT2D eigenvalue weighted by Gasteiger charge is -2.34. The highest BCUT2D eigenvalue weighted by Gasteiger charge is 2.49. The number of benzene rings is 3. The van der Waals surface area contributed by atoms with E-state index in [-0.39, 0.29) is 53.5 Å². The highest BCUT2D eigenvalue weighted by molar-refractivity contribution is 6.36. The van der Waals surface area contributed by atoms with Crippen molar-refractivity contribution in [2.75, 3.05) is 51.6 Å². The van der Waals surface area contributed by atoms with E-state index in [9.17, 15) is 4.39 Å². The second-order valence-corrected chi connectivity index (χ2v) is 13.4. The Kier molecular flexibility index (Phi) is 7.63. The number of hydrogen-bond donors (Lipinski definition) is 1. The first-order valence-electron chi connectivity index (χ1n) is 15.9. The van der Waals surface area contributed by atoms with Gasteiger partial charge in [-0.2, -0.15) is 9.97 Å². The van der Waals surface area contributed by atoms with E-state index in [0.29, 0.717) is 53.4 Å². The van der Waals surface area contributed by atoms with Crippen molar-refractivity contribution in [2.45, 2.75) is 55.9 Å². The van der Waals surface area contributed by atoms with Gasteiger partial charge < -0.3 is 24.4 Å². The standard InChI is InChI=1S/C34H35ClF3N5O3/c1-44-18-46-23-10-19-4-2-5-26(35)28(19)24(11-23)29-27(37)12-25-31(30(29)38)40-33(41-32(25)42-15-21-6-7-22(16-42)39-21)45-17-34-8-3-9-43(34)14-20(36)13-34/h2,4-5,10-12,20-22,39H,3,6-9,13-18H2,1H3/t20-,21-,22+,34+/m1/s1. The Morgan fingerprint density at radius 2 is 1.89 bits per heavy atom. The van der Waals surface area contributed by atoms with Gasteiger partial charge in [0, 0.05) is 66.6 Å². The average Bonchev–Trinajstić information content (AvgIpc) is 3.69. The van der Waals surface area contributed by atoms with Crippen molar-refractivity contribution in [3.05, 3.63) is 53.1 Å². The number of nitrogens with zero attached hydrogens (tertiary/aromatic N) is 4. The van der Waals surface area contributed by atoms with Crippen molar-refractivity contribution < 1.29 is 27.4 Å². The van der Waals surface area contributed by atoms with Gasteiger partial charge in [-0.05, 0) is 61.9 Å². The second kappa shape index (κ2) is 11.7. The summed E-state index contributed by atoms with van der Waals surface area (Å²) in [6.45, 7) is 2.65. The summed E-state index contributed by atoms with van der Waals surface area (Å²) >= 11 is 6.63. The molecule has 4 atom stereocenters. The minimum absolute atomic E-state index is 0.00607. The van der Waals surface area contributed by atoms with Crippen LogP contribution in [0.15, 0.2) is 36.4 Å². The molecule has 8 nitrogen and oxygen atoms in total. The second-order valence-electron chi connectivity index (χ2n) is 13.0. The number of alkyl halides is 1. The monoisotopic (exact) mass is 653 g/mol. The first kappa shape index (κ1) is 30.0. The van der Waals surface area contributed by atoms with Gasteiger partial charge in [0.15, 0.2) is 12.6 Å². The molecule has 0 aliphatic carbocycles. The summed E-state index contributed by atoms with van der Waals surface area (Å²) < 4.78 is 64.8. The normalized spacial score (nSPS) is 25.9. The van der Waals surface area contributed by atoms with Gasteiger partial charge in [0.1, 0.15) is 35.7 Å². The van der Waals surface area contributed by atoms with E-state index in [4.69, 9.17) is 30.8 Å². The maximum Gasteiger partial charge on any atom is 0.319 e. The van der Waals surface area contributed by atoms with Gasteiger partial charge in [0.25, 0.3) is 0 Å². The molecule has 0 amide bonds. The Morgan fingerprint density at radius 3 is 2.70 bits per heavy atom. The largest absolute Gasteiger partial charge is 0.468 e. The smallest absolute Gasteiger partial charge is 0.319 e. The quantitative estimate of drug-likeness (QED) is 0.224. The van der Waals surface area contributed by atoms with Crippen LogP contribution in [-0.4, -0.2) is 85.4 Å². The van der Waals surface area contributed by atoms with E-state index in [1.807, 2.05) is 6.07 Å². The molecule has 0 saturated carbocycles. The van der Waals surface area contributed by atoms with E-state index in [1.54, 1.807) is 24.3 Å². The molecule has 8 rings (SSSR count). The number of piperazine rings is 1. The lowest BCUT2D eigenvalue weighted by molar-refractivity contribution is 0.0512. The van der Waals surface area contributed by atoms with Crippen LogP contribution in [0.25, 0.3) is 32.8 Å². The molecule has 4 fully saturated rings. The molecule has 5 heterocycles. The van der Waals surface area contributed by atoms with Gasteiger partial charge in [-0.3, -0.25) is 4.90 Å². The van der Waals surface area contributed by atoms with Gasteiger partial charge in [0.05, 0.1) is 11.1 Å². The van der Waals surface area contributed by atoms with Crippen molar-refractivity contribution in [3.8, 4) is 22.9 Å². The van der Waals surface area contributed by atoms with Crippen LogP contribution in [0.4, 0.5) is 19.0 Å². The van der Waals surface area contributed by atoms with Gasteiger partial charge in [0.2, 0.25) is 0 Å². The summed E-state index contributed by atoms with van der Waals surface area (Å²) in [7, 11) is 1.49. The third-order valence-corrected chi connectivity index (χ3v) is 10.4. The molecule has 4 aliphatic rings. The van der Waals surface area contributed by atoms with Crippen LogP contribution < -0.4 is 19.7 Å². The summed E-state index contributed by atoms with van der Waals surface area (Å²) in [5.41, 5.74) is -0.534.